The molecule has 1 N–H and O–H groups in total. The van der Waals surface area contributed by atoms with Crippen LogP contribution >= 0.6 is 11.6 Å². The number of rotatable bonds is 7. The quantitative estimate of drug-likeness (QED) is 0.753. The molecule has 0 radical (unpaired) electrons. The van der Waals surface area contributed by atoms with Crippen LogP contribution in [0.15, 0.2) is 54.6 Å². The summed E-state index contributed by atoms with van der Waals surface area (Å²) in [6, 6.07) is 16.8. The van der Waals surface area contributed by atoms with Crippen LogP contribution < -0.4 is 5.32 Å². The molecule has 1 aliphatic carbocycles. The molecule has 0 bridgehead atoms. The molecule has 0 saturated heterocycles. The van der Waals surface area contributed by atoms with Gasteiger partial charge < -0.3 is 10.2 Å². The minimum atomic E-state index is -0.546. The van der Waals surface area contributed by atoms with Crippen molar-refractivity contribution in [1.82, 2.24) is 10.2 Å². The van der Waals surface area contributed by atoms with Gasteiger partial charge in [-0.25, -0.2) is 0 Å². The molecule has 1 saturated carbocycles. The Kier molecular flexibility index (Phi) is 7.10. The van der Waals surface area contributed by atoms with Crippen LogP contribution in [0.1, 0.15) is 43.7 Å². The second kappa shape index (κ2) is 9.74. The summed E-state index contributed by atoms with van der Waals surface area (Å²) in [5.74, 6) is -0.193. The van der Waals surface area contributed by atoms with Gasteiger partial charge in [0, 0.05) is 17.6 Å². The third kappa shape index (κ3) is 5.35. The number of carbonyl (C=O) groups excluding carboxylic acids is 2. The third-order valence-electron chi connectivity index (χ3n) is 5.36. The summed E-state index contributed by atoms with van der Waals surface area (Å²) in [7, 11) is 0. The largest absolute Gasteiger partial charge is 0.352 e. The molecule has 5 heteroatoms. The fourth-order valence-electron chi connectivity index (χ4n) is 3.66. The van der Waals surface area contributed by atoms with Crippen molar-refractivity contribution >= 4 is 23.4 Å². The van der Waals surface area contributed by atoms with Gasteiger partial charge in [-0.05, 0) is 37.0 Å². The molecule has 148 valence electrons. The number of hydrogen-bond acceptors (Lipinski definition) is 2. The Labute approximate surface area is 171 Å². The molecule has 1 fully saturated rings. The van der Waals surface area contributed by atoms with Crippen LogP contribution in [0.25, 0.3) is 0 Å². The van der Waals surface area contributed by atoms with Gasteiger partial charge in [-0.2, -0.15) is 0 Å². The molecular formula is C23H27ClN2O2. The van der Waals surface area contributed by atoms with Crippen LogP contribution in [-0.2, 0) is 22.6 Å². The van der Waals surface area contributed by atoms with Gasteiger partial charge in [0.15, 0.2) is 0 Å². The van der Waals surface area contributed by atoms with Gasteiger partial charge >= 0.3 is 0 Å². The monoisotopic (exact) mass is 398 g/mol. The average Bonchev–Trinajstić information content (AvgIpc) is 3.21. The zero-order valence-electron chi connectivity index (χ0n) is 16.2. The van der Waals surface area contributed by atoms with E-state index < -0.39 is 6.04 Å². The van der Waals surface area contributed by atoms with Crippen molar-refractivity contribution in [2.24, 2.45) is 0 Å². The fourth-order valence-corrected chi connectivity index (χ4v) is 3.86. The maximum atomic E-state index is 13.1. The molecule has 28 heavy (non-hydrogen) atoms. The van der Waals surface area contributed by atoms with Gasteiger partial charge in [-0.15, -0.1) is 0 Å². The van der Waals surface area contributed by atoms with Crippen LogP contribution in [0.2, 0.25) is 5.02 Å². The van der Waals surface area contributed by atoms with E-state index in [1.165, 1.54) is 0 Å². The number of hydrogen-bond donors (Lipinski definition) is 1. The zero-order valence-corrected chi connectivity index (χ0v) is 17.0. The molecule has 3 rings (SSSR count). The summed E-state index contributed by atoms with van der Waals surface area (Å²) in [5.41, 5.74) is 1.77. The maximum Gasteiger partial charge on any atom is 0.242 e. The van der Waals surface area contributed by atoms with Crippen molar-refractivity contribution in [3.63, 3.8) is 0 Å². The third-order valence-corrected chi connectivity index (χ3v) is 5.73. The number of amides is 2. The van der Waals surface area contributed by atoms with E-state index in [2.05, 4.69) is 5.32 Å². The van der Waals surface area contributed by atoms with Crippen molar-refractivity contribution in [3.8, 4) is 0 Å². The second-order valence-electron chi connectivity index (χ2n) is 7.44. The van der Waals surface area contributed by atoms with Crippen molar-refractivity contribution in [2.45, 2.75) is 57.7 Å². The van der Waals surface area contributed by atoms with Gasteiger partial charge in [-0.3, -0.25) is 9.59 Å². The molecule has 1 atom stereocenters. The van der Waals surface area contributed by atoms with E-state index in [1.54, 1.807) is 17.9 Å². The first-order valence-electron chi connectivity index (χ1n) is 9.92. The minimum Gasteiger partial charge on any atom is -0.352 e. The van der Waals surface area contributed by atoms with Gasteiger partial charge in [-0.1, -0.05) is 73.0 Å². The van der Waals surface area contributed by atoms with Gasteiger partial charge in [0.1, 0.15) is 6.04 Å². The van der Waals surface area contributed by atoms with Crippen LogP contribution in [-0.4, -0.2) is 28.8 Å². The highest BCUT2D eigenvalue weighted by molar-refractivity contribution is 6.31. The van der Waals surface area contributed by atoms with E-state index in [4.69, 9.17) is 11.6 Å². The normalized spacial score (nSPS) is 15.2. The highest BCUT2D eigenvalue weighted by atomic mass is 35.5. The number of benzene rings is 2. The highest BCUT2D eigenvalue weighted by Crippen LogP contribution is 2.20. The Balaban J connectivity index is 1.76. The van der Waals surface area contributed by atoms with Gasteiger partial charge in [0.05, 0.1) is 6.42 Å². The van der Waals surface area contributed by atoms with Crippen molar-refractivity contribution in [2.75, 3.05) is 0 Å². The summed E-state index contributed by atoms with van der Waals surface area (Å²) in [6.07, 6.45) is 4.51. The van der Waals surface area contributed by atoms with Crippen LogP contribution in [0.5, 0.6) is 0 Å². The smallest absolute Gasteiger partial charge is 0.242 e. The van der Waals surface area contributed by atoms with Crippen molar-refractivity contribution in [1.29, 1.82) is 0 Å². The topological polar surface area (TPSA) is 49.4 Å². The van der Waals surface area contributed by atoms with E-state index in [-0.39, 0.29) is 24.3 Å². The maximum absolute atomic E-state index is 13.1. The molecule has 2 aromatic rings. The highest BCUT2D eigenvalue weighted by Gasteiger charge is 2.28. The van der Waals surface area contributed by atoms with E-state index in [0.717, 1.165) is 36.8 Å². The van der Waals surface area contributed by atoms with Crippen LogP contribution in [0.4, 0.5) is 0 Å². The molecule has 1 aliphatic rings. The summed E-state index contributed by atoms with van der Waals surface area (Å²) in [4.78, 5) is 27.6. The summed E-state index contributed by atoms with van der Waals surface area (Å²) < 4.78 is 0. The molecular weight excluding hydrogens is 372 g/mol. The van der Waals surface area contributed by atoms with Gasteiger partial charge in [0.25, 0.3) is 0 Å². The predicted octanol–water partition coefficient (Wildman–Crippen LogP) is 4.36. The molecule has 0 aliphatic heterocycles. The predicted molar refractivity (Wildman–Crippen MR) is 112 cm³/mol. The Hall–Kier alpha value is -2.33. The standard InChI is InChI=1S/C23H27ClN2O2/c1-17(23(28)25-20-12-6-7-13-20)26(16-18-9-3-2-4-10-18)22(27)15-19-11-5-8-14-21(19)24/h2-5,8-11,14,17,20H,6-7,12-13,15-16H2,1H3,(H,25,28)/t17-/m0/s1. The number of nitrogens with zero attached hydrogens (tertiary/aromatic N) is 1. The van der Waals surface area contributed by atoms with Crippen LogP contribution in [0.3, 0.4) is 0 Å². The molecule has 0 heterocycles. The SMILES string of the molecule is C[C@@H](C(=O)NC1CCCC1)N(Cc1ccccc1)C(=O)Cc1ccccc1Cl. The number of carbonyl (C=O) groups is 2. The molecule has 0 unspecified atom stereocenters. The Bertz CT molecular complexity index is 803. The number of halogens is 1. The second-order valence-corrected chi connectivity index (χ2v) is 7.85. The summed E-state index contributed by atoms with van der Waals surface area (Å²) >= 11 is 6.24. The Morgan fingerprint density at radius 3 is 2.39 bits per heavy atom. The first-order valence-corrected chi connectivity index (χ1v) is 10.3. The molecule has 4 nitrogen and oxygen atoms in total. The van der Waals surface area contributed by atoms with E-state index in [0.29, 0.717) is 11.6 Å². The number of nitrogens with one attached hydrogen (secondary N) is 1. The van der Waals surface area contributed by atoms with Crippen molar-refractivity contribution < 1.29 is 9.59 Å². The Morgan fingerprint density at radius 2 is 1.71 bits per heavy atom. The molecule has 0 aromatic heterocycles. The lowest BCUT2D eigenvalue weighted by Gasteiger charge is -2.30. The molecule has 2 aromatic carbocycles. The first kappa shape index (κ1) is 20.4. The minimum absolute atomic E-state index is 0.0876. The van der Waals surface area contributed by atoms with E-state index >= 15 is 0 Å². The fraction of sp³-hybridized carbons (Fsp3) is 0.391. The van der Waals surface area contributed by atoms with E-state index in [9.17, 15) is 9.59 Å². The molecule has 2 amide bonds. The lowest BCUT2D eigenvalue weighted by Crippen LogP contribution is -2.50. The van der Waals surface area contributed by atoms with Gasteiger partial charge in [0.2, 0.25) is 11.8 Å². The van der Waals surface area contributed by atoms with Crippen LogP contribution in [0, 0.1) is 0 Å². The first-order chi connectivity index (χ1) is 13.5. The lowest BCUT2D eigenvalue weighted by atomic mass is 10.1. The zero-order chi connectivity index (χ0) is 19.9. The van der Waals surface area contributed by atoms with Crippen molar-refractivity contribution in [3.05, 3.63) is 70.7 Å². The lowest BCUT2D eigenvalue weighted by molar-refractivity contribution is -0.140. The molecule has 0 spiro atoms. The average molecular weight is 399 g/mol. The summed E-state index contributed by atoms with van der Waals surface area (Å²) in [6.45, 7) is 2.20. The van der Waals surface area contributed by atoms with E-state index in [1.807, 2.05) is 48.5 Å². The summed E-state index contributed by atoms with van der Waals surface area (Å²) in [5, 5.41) is 3.68. The Morgan fingerprint density at radius 1 is 1.07 bits per heavy atom.